The summed E-state index contributed by atoms with van der Waals surface area (Å²) in [7, 11) is -2.03. The highest BCUT2D eigenvalue weighted by Gasteiger charge is 2.29. The molecule has 6 nitrogen and oxygen atoms in total. The zero-order chi connectivity index (χ0) is 15.6. The van der Waals surface area contributed by atoms with Gasteiger partial charge >= 0.3 is 8.56 Å². The third-order valence-corrected chi connectivity index (χ3v) is 6.17. The van der Waals surface area contributed by atoms with Gasteiger partial charge < -0.3 is 23.3 Å². The number of aliphatic hydroxyl groups excluding tert-OH is 1. The van der Waals surface area contributed by atoms with Gasteiger partial charge in [0.2, 0.25) is 0 Å². The van der Waals surface area contributed by atoms with Crippen molar-refractivity contribution in [3.8, 4) is 0 Å². The van der Waals surface area contributed by atoms with Crippen molar-refractivity contribution in [2.45, 2.75) is 45.5 Å². The van der Waals surface area contributed by atoms with E-state index in [9.17, 15) is 5.11 Å². The molecule has 21 heavy (non-hydrogen) atoms. The van der Waals surface area contributed by atoms with Crippen molar-refractivity contribution in [3.63, 3.8) is 0 Å². The third kappa shape index (κ3) is 7.73. The van der Waals surface area contributed by atoms with Gasteiger partial charge in [-0.25, -0.2) is 4.98 Å². The molecule has 0 saturated heterocycles. The van der Waals surface area contributed by atoms with E-state index < -0.39 is 14.7 Å². The summed E-state index contributed by atoms with van der Waals surface area (Å²) in [4.78, 5) is 3.93. The number of imidazole rings is 1. The average Bonchev–Trinajstić information content (AvgIpc) is 2.91. The molecule has 0 saturated carbocycles. The van der Waals surface area contributed by atoms with Crippen molar-refractivity contribution in [2.75, 3.05) is 26.4 Å². The predicted molar refractivity (Wildman–Crippen MR) is 83.3 cm³/mol. The van der Waals surface area contributed by atoms with Gasteiger partial charge in [0.1, 0.15) is 0 Å². The van der Waals surface area contributed by atoms with E-state index in [0.29, 0.717) is 33.0 Å². The molecule has 1 heterocycles. The maximum atomic E-state index is 9.83. The van der Waals surface area contributed by atoms with E-state index in [4.69, 9.17) is 13.6 Å². The molecule has 0 spiro atoms. The Hall–Kier alpha value is -0.733. The fraction of sp³-hybridized carbons (Fsp3) is 0.786. The molecule has 1 N–H and O–H groups in total. The average molecular weight is 316 g/mol. The summed E-state index contributed by atoms with van der Waals surface area (Å²) in [5.74, 6) is 0. The van der Waals surface area contributed by atoms with Gasteiger partial charge in [-0.05, 0) is 32.9 Å². The number of nitrogens with zero attached hydrogens (tertiary/aromatic N) is 2. The lowest BCUT2D eigenvalue weighted by Crippen LogP contribution is -2.38. The number of aromatic nitrogens is 2. The monoisotopic (exact) mass is 316 g/mol. The van der Waals surface area contributed by atoms with Crippen LogP contribution in [0.1, 0.15) is 20.3 Å². The summed E-state index contributed by atoms with van der Waals surface area (Å²) in [6, 6.07) is 0.909. The third-order valence-electron chi connectivity index (χ3n) is 3.11. The Labute approximate surface area is 128 Å². The Morgan fingerprint density at radius 1 is 1.29 bits per heavy atom. The number of hydrogen-bond acceptors (Lipinski definition) is 5. The lowest BCUT2D eigenvalue weighted by molar-refractivity contribution is 0.0276. The SMILES string of the molecule is CCO[Si](C)(CCCOCC(O)Cn1ccnc1)OCC. The Kier molecular flexibility index (Phi) is 8.78. The molecule has 122 valence electrons. The smallest absolute Gasteiger partial charge is 0.334 e. The van der Waals surface area contributed by atoms with Gasteiger partial charge in [0.25, 0.3) is 0 Å². The predicted octanol–water partition coefficient (Wildman–Crippen LogP) is 1.80. The summed E-state index contributed by atoms with van der Waals surface area (Å²) in [5, 5.41) is 9.83. The van der Waals surface area contributed by atoms with E-state index in [-0.39, 0.29) is 0 Å². The molecule has 1 rings (SSSR count). The first kappa shape index (κ1) is 18.3. The fourth-order valence-corrected chi connectivity index (χ4v) is 4.58. The molecule has 1 unspecified atom stereocenters. The molecule has 0 aliphatic heterocycles. The van der Waals surface area contributed by atoms with Crippen LogP contribution in [0, 0.1) is 0 Å². The largest absolute Gasteiger partial charge is 0.395 e. The zero-order valence-corrected chi connectivity index (χ0v) is 14.3. The summed E-state index contributed by atoms with van der Waals surface area (Å²) < 4.78 is 18.9. The van der Waals surface area contributed by atoms with Crippen LogP contribution in [0.15, 0.2) is 18.7 Å². The molecule has 0 amide bonds. The minimum absolute atomic E-state index is 0.333. The van der Waals surface area contributed by atoms with Gasteiger partial charge in [-0.1, -0.05) is 0 Å². The normalized spacial score (nSPS) is 13.5. The Balaban J connectivity index is 2.12. The van der Waals surface area contributed by atoms with Crippen LogP contribution in [0.25, 0.3) is 0 Å². The van der Waals surface area contributed by atoms with Crippen molar-refractivity contribution in [2.24, 2.45) is 0 Å². The Morgan fingerprint density at radius 3 is 2.57 bits per heavy atom. The molecular weight excluding hydrogens is 288 g/mol. The first-order valence-corrected chi connectivity index (χ1v) is 10.1. The second-order valence-electron chi connectivity index (χ2n) is 5.09. The van der Waals surface area contributed by atoms with E-state index in [1.807, 2.05) is 24.6 Å². The van der Waals surface area contributed by atoms with Gasteiger partial charge in [-0.3, -0.25) is 0 Å². The number of aliphatic hydroxyl groups is 1. The van der Waals surface area contributed by atoms with Crippen molar-refractivity contribution >= 4 is 8.56 Å². The minimum Gasteiger partial charge on any atom is -0.395 e. The fourth-order valence-electron chi connectivity index (χ4n) is 2.20. The van der Waals surface area contributed by atoms with Crippen LogP contribution in [-0.2, 0) is 20.1 Å². The van der Waals surface area contributed by atoms with E-state index in [2.05, 4.69) is 11.5 Å². The molecule has 1 atom stereocenters. The molecule has 1 aromatic rings. The molecule has 0 aliphatic rings. The summed E-state index contributed by atoms with van der Waals surface area (Å²) >= 11 is 0. The van der Waals surface area contributed by atoms with Gasteiger partial charge in [0.05, 0.1) is 25.6 Å². The van der Waals surface area contributed by atoms with Crippen molar-refractivity contribution < 1.29 is 18.7 Å². The van der Waals surface area contributed by atoms with Crippen LogP contribution in [0.3, 0.4) is 0 Å². The van der Waals surface area contributed by atoms with Crippen molar-refractivity contribution in [1.82, 2.24) is 9.55 Å². The topological polar surface area (TPSA) is 65.7 Å². The maximum Gasteiger partial charge on any atom is 0.334 e. The molecule has 1 aromatic heterocycles. The summed E-state index contributed by atoms with van der Waals surface area (Å²) in [6.07, 6.45) is 5.58. The molecule has 0 bridgehead atoms. The molecule has 7 heteroatoms. The van der Waals surface area contributed by atoms with Crippen LogP contribution < -0.4 is 0 Å². The Morgan fingerprint density at radius 2 is 2.00 bits per heavy atom. The van der Waals surface area contributed by atoms with E-state index in [1.165, 1.54) is 0 Å². The van der Waals surface area contributed by atoms with Crippen LogP contribution in [-0.4, -0.2) is 55.8 Å². The second kappa shape index (κ2) is 10.1. The van der Waals surface area contributed by atoms with E-state index in [0.717, 1.165) is 12.5 Å². The quantitative estimate of drug-likeness (QED) is 0.470. The molecular formula is C14H28N2O4Si. The van der Waals surface area contributed by atoms with Gasteiger partial charge in [-0.15, -0.1) is 0 Å². The highest BCUT2D eigenvalue weighted by molar-refractivity contribution is 6.66. The zero-order valence-electron chi connectivity index (χ0n) is 13.3. The van der Waals surface area contributed by atoms with Crippen LogP contribution in [0.2, 0.25) is 12.6 Å². The highest BCUT2D eigenvalue weighted by atomic mass is 28.4. The van der Waals surface area contributed by atoms with Crippen LogP contribution in [0.5, 0.6) is 0 Å². The molecule has 0 aromatic carbocycles. The van der Waals surface area contributed by atoms with Gasteiger partial charge in [-0.2, -0.15) is 0 Å². The molecule has 0 fully saturated rings. The van der Waals surface area contributed by atoms with Crippen molar-refractivity contribution in [3.05, 3.63) is 18.7 Å². The molecule has 0 radical (unpaired) electrons. The van der Waals surface area contributed by atoms with Crippen LogP contribution >= 0.6 is 0 Å². The van der Waals surface area contributed by atoms with E-state index >= 15 is 0 Å². The Bertz CT molecular complexity index is 356. The highest BCUT2D eigenvalue weighted by Crippen LogP contribution is 2.15. The van der Waals surface area contributed by atoms with Crippen molar-refractivity contribution in [1.29, 1.82) is 0 Å². The maximum absolute atomic E-state index is 9.83. The van der Waals surface area contributed by atoms with E-state index in [1.54, 1.807) is 12.5 Å². The summed E-state index contributed by atoms with van der Waals surface area (Å²) in [5.41, 5.74) is 0. The first-order valence-electron chi connectivity index (χ1n) is 7.59. The first-order chi connectivity index (χ1) is 10.1. The minimum atomic E-state index is -2.03. The second-order valence-corrected chi connectivity index (χ2v) is 8.44. The number of ether oxygens (including phenoxy) is 1. The van der Waals surface area contributed by atoms with Gasteiger partial charge in [0.15, 0.2) is 0 Å². The van der Waals surface area contributed by atoms with Gasteiger partial charge in [0, 0.05) is 32.2 Å². The number of hydrogen-bond donors (Lipinski definition) is 1. The van der Waals surface area contributed by atoms with Crippen LogP contribution in [0.4, 0.5) is 0 Å². The summed E-state index contributed by atoms with van der Waals surface area (Å²) in [6.45, 7) is 8.91. The lowest BCUT2D eigenvalue weighted by atomic mass is 10.4. The molecule has 0 aliphatic carbocycles. The standard InChI is InChI=1S/C14H28N2O4Si/c1-4-19-21(3,20-5-2)10-6-9-18-12-14(17)11-16-8-7-15-13-16/h7-8,13-14,17H,4-6,9-12H2,1-3H3. The lowest BCUT2D eigenvalue weighted by Gasteiger charge is -2.25. The number of rotatable bonds is 12.